The summed E-state index contributed by atoms with van der Waals surface area (Å²) in [5.41, 5.74) is 1.94. The molecule has 0 N–H and O–H groups in total. The third kappa shape index (κ3) is 1.76. The first kappa shape index (κ1) is 10.2. The van der Waals surface area contributed by atoms with Crippen LogP contribution in [0.5, 0.6) is 0 Å². The van der Waals surface area contributed by atoms with Crippen molar-refractivity contribution >= 4 is 17.2 Å². The summed E-state index contributed by atoms with van der Waals surface area (Å²) in [6.07, 6.45) is 5.13. The van der Waals surface area contributed by atoms with Crippen molar-refractivity contribution in [3.8, 4) is 11.3 Å². The highest BCUT2D eigenvalue weighted by Crippen LogP contribution is 2.22. The lowest BCUT2D eigenvalue weighted by atomic mass is 10.2. The van der Waals surface area contributed by atoms with E-state index in [1.54, 1.807) is 35.1 Å². The second kappa shape index (κ2) is 3.82. The van der Waals surface area contributed by atoms with Gasteiger partial charge in [-0.2, -0.15) is 0 Å². The van der Waals surface area contributed by atoms with Crippen molar-refractivity contribution in [2.75, 3.05) is 0 Å². The van der Waals surface area contributed by atoms with Crippen LogP contribution < -0.4 is 0 Å². The lowest BCUT2D eigenvalue weighted by Crippen LogP contribution is -1.84. The second-order valence-corrected chi connectivity index (χ2v) is 3.94. The molecule has 0 radical (unpaired) electrons. The average molecular weight is 248 g/mol. The van der Waals surface area contributed by atoms with Crippen LogP contribution in [0.2, 0.25) is 5.15 Å². The molecule has 3 nitrogen and oxygen atoms in total. The van der Waals surface area contributed by atoms with Crippen LogP contribution in [0.1, 0.15) is 0 Å². The van der Waals surface area contributed by atoms with Gasteiger partial charge in [-0.1, -0.05) is 23.7 Å². The Morgan fingerprint density at radius 1 is 1.29 bits per heavy atom. The van der Waals surface area contributed by atoms with Crippen molar-refractivity contribution in [3.63, 3.8) is 0 Å². The van der Waals surface area contributed by atoms with E-state index in [0.717, 1.165) is 0 Å². The summed E-state index contributed by atoms with van der Waals surface area (Å²) >= 11 is 5.92. The fourth-order valence-electron chi connectivity index (χ4n) is 1.68. The molecule has 2 aromatic heterocycles. The van der Waals surface area contributed by atoms with Crippen molar-refractivity contribution < 1.29 is 4.39 Å². The van der Waals surface area contributed by atoms with E-state index in [9.17, 15) is 4.39 Å². The molecule has 84 valence electrons. The van der Waals surface area contributed by atoms with Gasteiger partial charge in [-0.3, -0.25) is 0 Å². The molecule has 3 aromatic rings. The predicted molar refractivity (Wildman–Crippen MR) is 63.4 cm³/mol. The minimum Gasteiger partial charge on any atom is -0.302 e. The maximum absolute atomic E-state index is 13.1. The Bertz CT molecular complexity index is 693. The maximum Gasteiger partial charge on any atom is 0.175 e. The summed E-state index contributed by atoms with van der Waals surface area (Å²) in [5, 5.41) is 0.329. The smallest absolute Gasteiger partial charge is 0.175 e. The molecule has 0 aliphatic carbocycles. The van der Waals surface area contributed by atoms with Gasteiger partial charge in [0.1, 0.15) is 5.82 Å². The summed E-state index contributed by atoms with van der Waals surface area (Å²) < 4.78 is 14.9. The lowest BCUT2D eigenvalue weighted by molar-refractivity contribution is 0.628. The molecule has 0 fully saturated rings. The number of halogens is 2. The first-order chi connectivity index (χ1) is 8.24. The van der Waals surface area contributed by atoms with Gasteiger partial charge >= 0.3 is 0 Å². The number of rotatable bonds is 1. The fourth-order valence-corrected chi connectivity index (χ4v) is 1.87. The van der Waals surface area contributed by atoms with Gasteiger partial charge in [-0.25, -0.2) is 14.4 Å². The van der Waals surface area contributed by atoms with E-state index >= 15 is 0 Å². The van der Waals surface area contributed by atoms with Gasteiger partial charge in [0.25, 0.3) is 0 Å². The first-order valence-corrected chi connectivity index (χ1v) is 5.37. The monoisotopic (exact) mass is 247 g/mol. The highest BCUT2D eigenvalue weighted by atomic mass is 35.5. The minimum absolute atomic E-state index is 0.288. The third-order valence-corrected chi connectivity index (χ3v) is 2.72. The molecule has 0 spiro atoms. The topological polar surface area (TPSA) is 30.2 Å². The maximum atomic E-state index is 13.1. The number of aromatic nitrogens is 3. The Hall–Kier alpha value is -1.94. The fraction of sp³-hybridized carbons (Fsp3) is 0. The standard InChI is InChI=1S/C12H7ClFN3/c13-11-12-16-10(7-17(12)5-4-15-11)8-2-1-3-9(14)6-8/h1-7H. The van der Waals surface area contributed by atoms with Crippen LogP contribution in [-0.2, 0) is 0 Å². The van der Waals surface area contributed by atoms with Gasteiger partial charge in [-0.15, -0.1) is 0 Å². The predicted octanol–water partition coefficient (Wildman–Crippen LogP) is 3.19. The molecule has 0 aliphatic rings. The van der Waals surface area contributed by atoms with Crippen LogP contribution in [0.25, 0.3) is 16.9 Å². The molecular weight excluding hydrogens is 241 g/mol. The minimum atomic E-state index is -0.288. The van der Waals surface area contributed by atoms with Crippen LogP contribution in [0.15, 0.2) is 42.9 Å². The summed E-state index contributed by atoms with van der Waals surface area (Å²) in [7, 11) is 0. The summed E-state index contributed by atoms with van der Waals surface area (Å²) in [4.78, 5) is 8.27. The molecular formula is C12H7ClFN3. The van der Waals surface area contributed by atoms with Gasteiger partial charge < -0.3 is 4.40 Å². The summed E-state index contributed by atoms with van der Waals surface area (Å²) in [6, 6.07) is 6.28. The number of imidazole rings is 1. The van der Waals surface area contributed by atoms with Crippen molar-refractivity contribution in [2.24, 2.45) is 0 Å². The summed E-state index contributed by atoms with van der Waals surface area (Å²) in [6.45, 7) is 0. The van der Waals surface area contributed by atoms with E-state index in [1.807, 2.05) is 0 Å². The van der Waals surface area contributed by atoms with Crippen molar-refractivity contribution in [3.05, 3.63) is 53.8 Å². The van der Waals surface area contributed by atoms with Gasteiger partial charge in [0, 0.05) is 24.2 Å². The molecule has 0 amide bonds. The molecule has 2 heterocycles. The normalized spacial score (nSPS) is 10.9. The largest absolute Gasteiger partial charge is 0.302 e. The van der Waals surface area contributed by atoms with E-state index in [0.29, 0.717) is 22.1 Å². The molecule has 0 atom stereocenters. The van der Waals surface area contributed by atoms with Crippen molar-refractivity contribution in [1.82, 2.24) is 14.4 Å². The number of fused-ring (bicyclic) bond motifs is 1. The van der Waals surface area contributed by atoms with E-state index in [-0.39, 0.29) is 5.82 Å². The zero-order chi connectivity index (χ0) is 11.8. The number of nitrogens with zero attached hydrogens (tertiary/aromatic N) is 3. The van der Waals surface area contributed by atoms with Crippen LogP contribution in [0.3, 0.4) is 0 Å². The van der Waals surface area contributed by atoms with Crippen LogP contribution in [0.4, 0.5) is 4.39 Å². The molecule has 0 bridgehead atoms. The Morgan fingerprint density at radius 2 is 2.18 bits per heavy atom. The SMILES string of the molecule is Fc1cccc(-c2cn3ccnc(Cl)c3n2)c1. The van der Waals surface area contributed by atoms with Crippen LogP contribution >= 0.6 is 11.6 Å². The molecule has 17 heavy (non-hydrogen) atoms. The molecule has 0 aliphatic heterocycles. The highest BCUT2D eigenvalue weighted by molar-refractivity contribution is 6.32. The van der Waals surface area contributed by atoms with E-state index in [4.69, 9.17) is 11.6 Å². The van der Waals surface area contributed by atoms with Crippen LogP contribution in [0, 0.1) is 5.82 Å². The zero-order valence-electron chi connectivity index (χ0n) is 8.64. The Morgan fingerprint density at radius 3 is 2.94 bits per heavy atom. The Labute approximate surface area is 102 Å². The van der Waals surface area contributed by atoms with E-state index < -0.39 is 0 Å². The molecule has 5 heteroatoms. The zero-order valence-corrected chi connectivity index (χ0v) is 9.39. The molecule has 0 unspecified atom stereocenters. The van der Waals surface area contributed by atoms with E-state index in [1.165, 1.54) is 12.1 Å². The lowest BCUT2D eigenvalue weighted by Gasteiger charge is -1.94. The first-order valence-electron chi connectivity index (χ1n) is 4.99. The van der Waals surface area contributed by atoms with Crippen molar-refractivity contribution in [1.29, 1.82) is 0 Å². The second-order valence-electron chi connectivity index (χ2n) is 3.59. The van der Waals surface area contributed by atoms with E-state index in [2.05, 4.69) is 9.97 Å². The molecule has 0 saturated carbocycles. The number of hydrogen-bond donors (Lipinski definition) is 0. The average Bonchev–Trinajstić information content (AvgIpc) is 2.74. The Balaban J connectivity index is 2.22. The number of benzene rings is 1. The van der Waals surface area contributed by atoms with Crippen LogP contribution in [-0.4, -0.2) is 14.4 Å². The third-order valence-electron chi connectivity index (χ3n) is 2.45. The molecule has 3 rings (SSSR count). The van der Waals surface area contributed by atoms with Gasteiger partial charge in [-0.05, 0) is 12.1 Å². The van der Waals surface area contributed by atoms with Gasteiger partial charge in [0.2, 0.25) is 0 Å². The van der Waals surface area contributed by atoms with Gasteiger partial charge in [0.05, 0.1) is 5.69 Å². The summed E-state index contributed by atoms with van der Waals surface area (Å²) in [5.74, 6) is -0.288. The molecule has 1 aromatic carbocycles. The molecule has 0 saturated heterocycles. The number of hydrogen-bond acceptors (Lipinski definition) is 2. The Kier molecular flexibility index (Phi) is 2.30. The van der Waals surface area contributed by atoms with Crippen molar-refractivity contribution in [2.45, 2.75) is 0 Å². The highest BCUT2D eigenvalue weighted by Gasteiger charge is 2.07. The quantitative estimate of drug-likeness (QED) is 0.661. The van der Waals surface area contributed by atoms with Gasteiger partial charge in [0.15, 0.2) is 10.8 Å².